The number of aliphatic hydroxyl groups is 2. The standard InChI is InChI=1S/C15H32O2/c1-13(17)15(4,5)11-9-7-6-8-10-14(2,3)12-16/h13,16-17H,6-12H2,1-5H3. The summed E-state index contributed by atoms with van der Waals surface area (Å²) < 4.78 is 0. The highest BCUT2D eigenvalue weighted by Gasteiger charge is 2.23. The zero-order valence-electron chi connectivity index (χ0n) is 12.4. The van der Waals surface area contributed by atoms with Crippen LogP contribution in [0.15, 0.2) is 0 Å². The zero-order valence-corrected chi connectivity index (χ0v) is 12.4. The Bertz CT molecular complexity index is 195. The molecule has 2 heteroatoms. The summed E-state index contributed by atoms with van der Waals surface area (Å²) in [6, 6.07) is 0. The molecule has 0 aliphatic heterocycles. The van der Waals surface area contributed by atoms with Crippen molar-refractivity contribution in [3.05, 3.63) is 0 Å². The van der Waals surface area contributed by atoms with Crippen LogP contribution in [0.25, 0.3) is 0 Å². The molecule has 0 radical (unpaired) electrons. The average molecular weight is 244 g/mol. The van der Waals surface area contributed by atoms with E-state index < -0.39 is 0 Å². The fraction of sp³-hybridized carbons (Fsp3) is 1.00. The number of hydrogen-bond acceptors (Lipinski definition) is 2. The molecule has 0 heterocycles. The first-order valence-electron chi connectivity index (χ1n) is 7.00. The summed E-state index contributed by atoms with van der Waals surface area (Å²) in [6.45, 7) is 10.7. The monoisotopic (exact) mass is 244 g/mol. The minimum absolute atomic E-state index is 0.0460. The Morgan fingerprint density at radius 3 is 1.76 bits per heavy atom. The lowest BCUT2D eigenvalue weighted by Gasteiger charge is -2.28. The molecule has 0 saturated carbocycles. The summed E-state index contributed by atoms with van der Waals surface area (Å²) in [6.07, 6.45) is 6.82. The SMILES string of the molecule is CC(O)C(C)(C)CCCCCCC(C)(C)CO. The third-order valence-corrected chi connectivity index (χ3v) is 3.98. The number of hydrogen-bond donors (Lipinski definition) is 2. The Morgan fingerprint density at radius 2 is 1.35 bits per heavy atom. The molecule has 17 heavy (non-hydrogen) atoms. The van der Waals surface area contributed by atoms with E-state index in [-0.39, 0.29) is 23.5 Å². The summed E-state index contributed by atoms with van der Waals surface area (Å²) >= 11 is 0. The third kappa shape index (κ3) is 7.77. The normalized spacial score (nSPS) is 15.0. The van der Waals surface area contributed by atoms with Crippen molar-refractivity contribution in [1.82, 2.24) is 0 Å². The lowest BCUT2D eigenvalue weighted by molar-refractivity contribution is 0.0576. The molecule has 0 aromatic heterocycles. The molecule has 0 spiro atoms. The molecule has 1 unspecified atom stereocenters. The maximum Gasteiger partial charge on any atom is 0.0563 e. The van der Waals surface area contributed by atoms with Crippen molar-refractivity contribution >= 4 is 0 Å². The number of rotatable bonds is 9. The molecular formula is C15H32O2. The highest BCUT2D eigenvalue weighted by molar-refractivity contribution is 4.74. The minimum atomic E-state index is -0.226. The first-order valence-corrected chi connectivity index (χ1v) is 7.00. The first kappa shape index (κ1) is 16.9. The van der Waals surface area contributed by atoms with Crippen LogP contribution < -0.4 is 0 Å². The van der Waals surface area contributed by atoms with Gasteiger partial charge < -0.3 is 10.2 Å². The van der Waals surface area contributed by atoms with Crippen molar-refractivity contribution in [1.29, 1.82) is 0 Å². The van der Waals surface area contributed by atoms with Crippen molar-refractivity contribution in [3.8, 4) is 0 Å². The predicted molar refractivity (Wildman–Crippen MR) is 74.0 cm³/mol. The van der Waals surface area contributed by atoms with E-state index >= 15 is 0 Å². The molecule has 1 atom stereocenters. The van der Waals surface area contributed by atoms with Crippen molar-refractivity contribution in [3.63, 3.8) is 0 Å². The molecule has 2 nitrogen and oxygen atoms in total. The smallest absolute Gasteiger partial charge is 0.0563 e. The molecule has 0 aliphatic carbocycles. The van der Waals surface area contributed by atoms with Gasteiger partial charge in [-0.25, -0.2) is 0 Å². The second-order valence-electron chi connectivity index (χ2n) is 6.90. The fourth-order valence-corrected chi connectivity index (χ4v) is 1.83. The predicted octanol–water partition coefficient (Wildman–Crippen LogP) is 3.75. The maximum atomic E-state index is 9.59. The summed E-state index contributed by atoms with van der Waals surface area (Å²) in [5, 5.41) is 18.7. The zero-order chi connectivity index (χ0) is 13.5. The van der Waals surface area contributed by atoms with E-state index in [1.54, 1.807) is 0 Å². The highest BCUT2D eigenvalue weighted by atomic mass is 16.3. The summed E-state index contributed by atoms with van der Waals surface area (Å²) in [5.41, 5.74) is 0.128. The Morgan fingerprint density at radius 1 is 0.882 bits per heavy atom. The number of aliphatic hydroxyl groups excluding tert-OH is 2. The largest absolute Gasteiger partial charge is 0.396 e. The topological polar surface area (TPSA) is 40.5 Å². The molecule has 0 rings (SSSR count). The van der Waals surface area contributed by atoms with Gasteiger partial charge in [0, 0.05) is 6.61 Å². The molecule has 0 fully saturated rings. The van der Waals surface area contributed by atoms with Crippen LogP contribution in [-0.2, 0) is 0 Å². The Labute approximate surface area is 107 Å². The molecule has 0 aromatic carbocycles. The fourth-order valence-electron chi connectivity index (χ4n) is 1.83. The Kier molecular flexibility index (Phi) is 7.34. The maximum absolute atomic E-state index is 9.59. The molecule has 2 N–H and O–H groups in total. The van der Waals surface area contributed by atoms with Gasteiger partial charge in [-0.2, -0.15) is 0 Å². The van der Waals surface area contributed by atoms with Crippen molar-refractivity contribution in [2.24, 2.45) is 10.8 Å². The Balaban J connectivity index is 3.54. The van der Waals surface area contributed by atoms with Gasteiger partial charge in [-0.1, -0.05) is 53.4 Å². The van der Waals surface area contributed by atoms with Crippen LogP contribution in [0.4, 0.5) is 0 Å². The van der Waals surface area contributed by atoms with Crippen LogP contribution in [0.5, 0.6) is 0 Å². The highest BCUT2D eigenvalue weighted by Crippen LogP contribution is 2.28. The van der Waals surface area contributed by atoms with Gasteiger partial charge >= 0.3 is 0 Å². The quantitative estimate of drug-likeness (QED) is 0.606. The van der Waals surface area contributed by atoms with Crippen LogP contribution in [0.3, 0.4) is 0 Å². The van der Waals surface area contributed by atoms with Gasteiger partial charge in [-0.3, -0.25) is 0 Å². The van der Waals surface area contributed by atoms with E-state index in [9.17, 15) is 5.11 Å². The summed E-state index contributed by atoms with van der Waals surface area (Å²) in [7, 11) is 0. The summed E-state index contributed by atoms with van der Waals surface area (Å²) in [5.74, 6) is 0. The van der Waals surface area contributed by atoms with Gasteiger partial charge in [0.1, 0.15) is 0 Å². The van der Waals surface area contributed by atoms with E-state index in [1.807, 2.05) is 6.92 Å². The lowest BCUT2D eigenvalue weighted by Crippen LogP contribution is -2.26. The number of unbranched alkanes of at least 4 members (excludes halogenated alkanes) is 3. The second kappa shape index (κ2) is 7.38. The molecule has 0 bridgehead atoms. The minimum Gasteiger partial charge on any atom is -0.396 e. The second-order valence-corrected chi connectivity index (χ2v) is 6.90. The van der Waals surface area contributed by atoms with Gasteiger partial charge in [-0.05, 0) is 30.6 Å². The molecule has 0 amide bonds. The molecule has 0 saturated heterocycles. The Hall–Kier alpha value is -0.0800. The van der Waals surface area contributed by atoms with Gasteiger partial charge in [0.2, 0.25) is 0 Å². The molecule has 104 valence electrons. The van der Waals surface area contributed by atoms with E-state index in [0.717, 1.165) is 12.8 Å². The van der Waals surface area contributed by atoms with Crippen LogP contribution in [0, 0.1) is 10.8 Å². The summed E-state index contributed by atoms with van der Waals surface area (Å²) in [4.78, 5) is 0. The van der Waals surface area contributed by atoms with Crippen molar-refractivity contribution < 1.29 is 10.2 Å². The van der Waals surface area contributed by atoms with Gasteiger partial charge in [0.15, 0.2) is 0 Å². The third-order valence-electron chi connectivity index (χ3n) is 3.98. The van der Waals surface area contributed by atoms with Gasteiger partial charge in [0.25, 0.3) is 0 Å². The van der Waals surface area contributed by atoms with E-state index in [4.69, 9.17) is 5.11 Å². The van der Waals surface area contributed by atoms with Crippen LogP contribution in [0.2, 0.25) is 0 Å². The van der Waals surface area contributed by atoms with Gasteiger partial charge in [0.05, 0.1) is 6.10 Å². The van der Waals surface area contributed by atoms with E-state index in [1.165, 1.54) is 25.7 Å². The van der Waals surface area contributed by atoms with Gasteiger partial charge in [-0.15, -0.1) is 0 Å². The molecule has 0 aromatic rings. The average Bonchev–Trinajstić information content (AvgIpc) is 2.23. The molecule has 0 aliphatic rings. The van der Waals surface area contributed by atoms with Crippen LogP contribution in [0.1, 0.15) is 73.1 Å². The lowest BCUT2D eigenvalue weighted by atomic mass is 9.82. The van der Waals surface area contributed by atoms with E-state index in [0.29, 0.717) is 0 Å². The van der Waals surface area contributed by atoms with Crippen molar-refractivity contribution in [2.75, 3.05) is 6.61 Å². The van der Waals surface area contributed by atoms with Crippen LogP contribution >= 0.6 is 0 Å². The van der Waals surface area contributed by atoms with E-state index in [2.05, 4.69) is 27.7 Å². The van der Waals surface area contributed by atoms with Crippen molar-refractivity contribution in [2.45, 2.75) is 79.2 Å². The first-order chi connectivity index (χ1) is 7.71. The molecular weight excluding hydrogens is 212 g/mol. The van der Waals surface area contributed by atoms with Crippen LogP contribution in [-0.4, -0.2) is 22.9 Å².